The van der Waals surface area contributed by atoms with Crippen LogP contribution in [0.25, 0.3) is 10.8 Å². The normalized spacial score (nSPS) is 20.0. The fourth-order valence-corrected chi connectivity index (χ4v) is 6.55. The molecule has 0 spiro atoms. The largest absolute Gasteiger partial charge is 0.463 e. The van der Waals surface area contributed by atoms with Gasteiger partial charge in [-0.3, -0.25) is 0 Å². The van der Waals surface area contributed by atoms with Gasteiger partial charge in [0.15, 0.2) is 0 Å². The summed E-state index contributed by atoms with van der Waals surface area (Å²) in [6, 6.07) is 18.1. The van der Waals surface area contributed by atoms with E-state index in [2.05, 4.69) is 94.5 Å². The molecule has 2 aliphatic heterocycles. The SMILES string of the molecule is CC=CN1CCN(c2nc(OCC3(CN(C)C)CC3)nc3c2CCN(c2cccc4ccccc24)C3)CC1CC#N. The van der Waals surface area contributed by atoms with Gasteiger partial charge < -0.3 is 24.3 Å². The van der Waals surface area contributed by atoms with Crippen molar-refractivity contribution in [2.24, 2.45) is 5.41 Å². The second kappa shape index (κ2) is 11.6. The molecule has 6 rings (SSSR count). The van der Waals surface area contributed by atoms with Gasteiger partial charge in [0.05, 0.1) is 37.4 Å². The Labute approximate surface area is 243 Å². The van der Waals surface area contributed by atoms with Crippen molar-refractivity contribution in [3.05, 3.63) is 66.0 Å². The van der Waals surface area contributed by atoms with Gasteiger partial charge in [0, 0.05) is 54.8 Å². The lowest BCUT2D eigenvalue weighted by Gasteiger charge is -2.42. The highest BCUT2D eigenvalue weighted by Gasteiger charge is 2.44. The Balaban J connectivity index is 1.32. The molecular weight excluding hydrogens is 510 g/mol. The summed E-state index contributed by atoms with van der Waals surface area (Å²) in [5, 5.41) is 12.1. The van der Waals surface area contributed by atoms with Crippen molar-refractivity contribution >= 4 is 22.3 Å². The van der Waals surface area contributed by atoms with Gasteiger partial charge in [-0.05, 0) is 57.9 Å². The number of allylic oxidation sites excluding steroid dienone is 1. The van der Waals surface area contributed by atoms with Crippen molar-refractivity contribution in [3.8, 4) is 12.1 Å². The van der Waals surface area contributed by atoms with Crippen LogP contribution in [0.15, 0.2) is 54.7 Å². The predicted molar refractivity (Wildman–Crippen MR) is 164 cm³/mol. The molecule has 1 atom stereocenters. The van der Waals surface area contributed by atoms with Crippen LogP contribution in [-0.4, -0.2) is 79.2 Å². The third-order valence-electron chi connectivity index (χ3n) is 8.74. The molecule has 3 aromatic rings. The Morgan fingerprint density at radius 3 is 2.68 bits per heavy atom. The Morgan fingerprint density at radius 2 is 1.90 bits per heavy atom. The van der Waals surface area contributed by atoms with E-state index < -0.39 is 0 Å². The number of anilines is 2. The van der Waals surface area contributed by atoms with E-state index in [9.17, 15) is 5.26 Å². The fourth-order valence-electron chi connectivity index (χ4n) is 6.55. The fraction of sp³-hybridized carbons (Fsp3) is 0.485. The molecule has 1 aliphatic carbocycles. The van der Waals surface area contributed by atoms with E-state index in [0.717, 1.165) is 57.2 Å². The number of rotatable bonds is 9. The number of nitriles is 1. The second-order valence-electron chi connectivity index (χ2n) is 12.1. The molecule has 3 heterocycles. The number of aromatic nitrogens is 2. The van der Waals surface area contributed by atoms with Crippen LogP contribution in [0.1, 0.15) is 37.4 Å². The van der Waals surface area contributed by atoms with Crippen molar-refractivity contribution in [1.29, 1.82) is 5.26 Å². The minimum Gasteiger partial charge on any atom is -0.463 e. The van der Waals surface area contributed by atoms with E-state index in [1.165, 1.54) is 34.9 Å². The van der Waals surface area contributed by atoms with Crippen molar-refractivity contribution < 1.29 is 4.74 Å². The first-order valence-corrected chi connectivity index (χ1v) is 14.9. The maximum atomic E-state index is 9.55. The summed E-state index contributed by atoms with van der Waals surface area (Å²) in [5.41, 5.74) is 3.72. The molecule has 1 aromatic heterocycles. The molecule has 0 bridgehead atoms. The maximum absolute atomic E-state index is 9.55. The third-order valence-corrected chi connectivity index (χ3v) is 8.74. The van der Waals surface area contributed by atoms with Gasteiger partial charge in [-0.25, -0.2) is 0 Å². The van der Waals surface area contributed by atoms with Crippen molar-refractivity contribution in [3.63, 3.8) is 0 Å². The van der Waals surface area contributed by atoms with Gasteiger partial charge in [0.1, 0.15) is 5.82 Å². The average molecular weight is 552 g/mol. The number of piperazine rings is 1. The summed E-state index contributed by atoms with van der Waals surface area (Å²) in [6.45, 7) is 7.79. The molecule has 2 fully saturated rings. The number of ether oxygens (including phenoxy) is 1. The highest BCUT2D eigenvalue weighted by molar-refractivity contribution is 5.94. The van der Waals surface area contributed by atoms with Crippen LogP contribution in [0.3, 0.4) is 0 Å². The zero-order valence-electron chi connectivity index (χ0n) is 24.6. The lowest BCUT2D eigenvalue weighted by Crippen LogP contribution is -2.51. The van der Waals surface area contributed by atoms with Gasteiger partial charge in [-0.2, -0.15) is 15.2 Å². The first kappa shape index (κ1) is 27.3. The lowest BCUT2D eigenvalue weighted by molar-refractivity contribution is 0.182. The van der Waals surface area contributed by atoms with Crippen LogP contribution in [0.4, 0.5) is 11.5 Å². The number of fused-ring (bicyclic) bond motifs is 2. The van der Waals surface area contributed by atoms with Gasteiger partial charge in [-0.15, -0.1) is 0 Å². The molecule has 2 aromatic carbocycles. The summed E-state index contributed by atoms with van der Waals surface area (Å²) in [5.74, 6) is 0.989. The van der Waals surface area contributed by atoms with E-state index >= 15 is 0 Å². The van der Waals surface area contributed by atoms with Crippen LogP contribution in [-0.2, 0) is 13.0 Å². The van der Waals surface area contributed by atoms with Crippen LogP contribution in [0.2, 0.25) is 0 Å². The summed E-state index contributed by atoms with van der Waals surface area (Å²) in [4.78, 5) is 19.5. The molecule has 0 N–H and O–H groups in total. The predicted octanol–water partition coefficient (Wildman–Crippen LogP) is 4.85. The Morgan fingerprint density at radius 1 is 1.07 bits per heavy atom. The van der Waals surface area contributed by atoms with Crippen LogP contribution >= 0.6 is 0 Å². The molecule has 41 heavy (non-hydrogen) atoms. The third kappa shape index (κ3) is 5.82. The zero-order chi connectivity index (χ0) is 28.4. The Kier molecular flexibility index (Phi) is 7.72. The summed E-state index contributed by atoms with van der Waals surface area (Å²) in [6.07, 6.45) is 7.89. The molecule has 214 valence electrons. The smallest absolute Gasteiger partial charge is 0.318 e. The van der Waals surface area contributed by atoms with Gasteiger partial charge >= 0.3 is 6.01 Å². The zero-order valence-corrected chi connectivity index (χ0v) is 24.6. The first-order valence-electron chi connectivity index (χ1n) is 14.9. The molecule has 1 saturated carbocycles. The average Bonchev–Trinajstić information content (AvgIpc) is 3.75. The number of hydrogen-bond acceptors (Lipinski definition) is 8. The number of hydrogen-bond donors (Lipinski definition) is 0. The molecule has 8 nitrogen and oxygen atoms in total. The second-order valence-corrected chi connectivity index (χ2v) is 12.1. The minimum atomic E-state index is 0.130. The monoisotopic (exact) mass is 551 g/mol. The Hall–Kier alpha value is -3.83. The van der Waals surface area contributed by atoms with E-state index in [-0.39, 0.29) is 11.5 Å². The molecule has 8 heteroatoms. The molecule has 3 aliphatic rings. The van der Waals surface area contributed by atoms with Crippen LogP contribution in [0, 0.1) is 16.7 Å². The van der Waals surface area contributed by atoms with Crippen LogP contribution in [0.5, 0.6) is 6.01 Å². The highest BCUT2D eigenvalue weighted by atomic mass is 16.5. The van der Waals surface area contributed by atoms with Gasteiger partial charge in [-0.1, -0.05) is 42.5 Å². The van der Waals surface area contributed by atoms with Gasteiger partial charge in [0.25, 0.3) is 0 Å². The highest BCUT2D eigenvalue weighted by Crippen LogP contribution is 2.46. The Bertz CT molecular complexity index is 1450. The van der Waals surface area contributed by atoms with Crippen molar-refractivity contribution in [2.45, 2.75) is 45.2 Å². The lowest BCUT2D eigenvalue weighted by atomic mass is 10.0. The topological polar surface area (TPSA) is 71.8 Å². The number of nitrogens with zero attached hydrogens (tertiary/aromatic N) is 7. The first-order chi connectivity index (χ1) is 20.0. The summed E-state index contributed by atoms with van der Waals surface area (Å²) < 4.78 is 6.41. The maximum Gasteiger partial charge on any atom is 0.318 e. The van der Waals surface area contributed by atoms with E-state index in [1.807, 2.05) is 6.92 Å². The standard InChI is InChI=1S/C33H41N7O/c1-4-17-38-19-20-40(21-26(38)12-16-34)31-28-13-18-39(30-11-7-9-25-8-5-6-10-27(25)30)22-29(28)35-32(36-31)41-24-33(14-15-33)23-37(2)3/h4-11,17,26H,12-15,18-24H2,1-3H3. The summed E-state index contributed by atoms with van der Waals surface area (Å²) >= 11 is 0. The van der Waals surface area contributed by atoms with E-state index in [1.54, 1.807) is 0 Å². The minimum absolute atomic E-state index is 0.130. The van der Waals surface area contributed by atoms with Crippen molar-refractivity contribution in [1.82, 2.24) is 19.8 Å². The molecule has 0 amide bonds. The number of benzene rings is 2. The molecular formula is C33H41N7O. The van der Waals surface area contributed by atoms with Crippen LogP contribution < -0.4 is 14.5 Å². The quantitative estimate of drug-likeness (QED) is 0.374. The molecule has 1 saturated heterocycles. The molecule has 1 unspecified atom stereocenters. The van der Waals surface area contributed by atoms with E-state index in [4.69, 9.17) is 14.7 Å². The van der Waals surface area contributed by atoms with Gasteiger partial charge in [0.2, 0.25) is 0 Å². The molecule has 0 radical (unpaired) electrons. The summed E-state index contributed by atoms with van der Waals surface area (Å²) in [7, 11) is 4.25. The van der Waals surface area contributed by atoms with E-state index in [0.29, 0.717) is 19.0 Å². The van der Waals surface area contributed by atoms with Crippen molar-refractivity contribution in [2.75, 3.05) is 63.2 Å².